The molecule has 0 amide bonds. The van der Waals surface area contributed by atoms with E-state index < -0.39 is 0 Å². The molecule has 0 unspecified atom stereocenters. The summed E-state index contributed by atoms with van der Waals surface area (Å²) in [6.45, 7) is 9.86. The number of rotatable bonds is 5. The minimum atomic E-state index is 0.672. The SMILES string of the molecule is CC(C)C1(CNCC2CCN(C)CC2)CC1. The molecule has 16 heavy (non-hydrogen) atoms. The highest BCUT2D eigenvalue weighted by Crippen LogP contribution is 2.51. The van der Waals surface area contributed by atoms with Crippen LogP contribution in [-0.2, 0) is 0 Å². The maximum Gasteiger partial charge on any atom is 0.00104 e. The number of likely N-dealkylation sites (tertiary alicyclic amines) is 1. The average Bonchev–Trinajstić information content (AvgIpc) is 3.02. The highest BCUT2D eigenvalue weighted by molar-refractivity contribution is 4.97. The third kappa shape index (κ3) is 2.98. The van der Waals surface area contributed by atoms with Crippen LogP contribution in [0, 0.1) is 17.3 Å². The molecular formula is C14H28N2. The lowest BCUT2D eigenvalue weighted by Gasteiger charge is -2.30. The lowest BCUT2D eigenvalue weighted by atomic mass is 9.91. The van der Waals surface area contributed by atoms with E-state index in [1.165, 1.54) is 51.9 Å². The second-order valence-electron chi connectivity index (χ2n) is 6.39. The molecule has 1 saturated heterocycles. The van der Waals surface area contributed by atoms with Gasteiger partial charge in [-0.1, -0.05) is 13.8 Å². The summed E-state index contributed by atoms with van der Waals surface area (Å²) in [7, 11) is 2.24. The van der Waals surface area contributed by atoms with E-state index in [4.69, 9.17) is 0 Å². The van der Waals surface area contributed by atoms with Crippen molar-refractivity contribution in [2.45, 2.75) is 39.5 Å². The first-order valence-corrected chi connectivity index (χ1v) is 7.02. The van der Waals surface area contributed by atoms with E-state index in [9.17, 15) is 0 Å². The Labute approximate surface area is 101 Å². The van der Waals surface area contributed by atoms with Gasteiger partial charge in [0.15, 0.2) is 0 Å². The quantitative estimate of drug-likeness (QED) is 0.771. The fourth-order valence-corrected chi connectivity index (χ4v) is 2.91. The predicted molar refractivity (Wildman–Crippen MR) is 69.6 cm³/mol. The van der Waals surface area contributed by atoms with Crippen LogP contribution in [0.4, 0.5) is 0 Å². The highest BCUT2D eigenvalue weighted by Gasteiger charge is 2.44. The Bertz CT molecular complexity index is 213. The zero-order valence-corrected chi connectivity index (χ0v) is 11.3. The average molecular weight is 224 g/mol. The molecule has 0 atom stereocenters. The summed E-state index contributed by atoms with van der Waals surface area (Å²) in [5.74, 6) is 1.79. The largest absolute Gasteiger partial charge is 0.316 e. The Hall–Kier alpha value is -0.0800. The molecule has 0 spiro atoms. The third-order valence-corrected chi connectivity index (χ3v) is 4.87. The van der Waals surface area contributed by atoms with Crippen molar-refractivity contribution in [1.82, 2.24) is 10.2 Å². The second kappa shape index (κ2) is 5.05. The van der Waals surface area contributed by atoms with Gasteiger partial charge in [-0.05, 0) is 69.6 Å². The van der Waals surface area contributed by atoms with Crippen LogP contribution in [0.2, 0.25) is 0 Å². The van der Waals surface area contributed by atoms with Gasteiger partial charge in [-0.2, -0.15) is 0 Å². The van der Waals surface area contributed by atoms with Gasteiger partial charge in [0, 0.05) is 6.54 Å². The molecule has 0 bridgehead atoms. The lowest BCUT2D eigenvalue weighted by molar-refractivity contribution is 0.211. The maximum absolute atomic E-state index is 3.74. The van der Waals surface area contributed by atoms with Gasteiger partial charge in [0.2, 0.25) is 0 Å². The third-order valence-electron chi connectivity index (χ3n) is 4.87. The fraction of sp³-hybridized carbons (Fsp3) is 1.00. The second-order valence-corrected chi connectivity index (χ2v) is 6.39. The van der Waals surface area contributed by atoms with Gasteiger partial charge in [0.1, 0.15) is 0 Å². The molecule has 0 aromatic rings. The summed E-state index contributed by atoms with van der Waals surface area (Å²) in [5.41, 5.74) is 0.672. The van der Waals surface area contributed by atoms with Gasteiger partial charge < -0.3 is 10.2 Å². The van der Waals surface area contributed by atoms with Gasteiger partial charge >= 0.3 is 0 Å². The molecule has 94 valence electrons. The van der Waals surface area contributed by atoms with Crippen molar-refractivity contribution in [3.8, 4) is 0 Å². The molecule has 1 aliphatic heterocycles. The van der Waals surface area contributed by atoms with Crippen LogP contribution in [0.3, 0.4) is 0 Å². The van der Waals surface area contributed by atoms with E-state index in [0.717, 1.165) is 11.8 Å². The predicted octanol–water partition coefficient (Wildman–Crippen LogP) is 2.35. The molecule has 1 saturated carbocycles. The Morgan fingerprint density at radius 1 is 1.25 bits per heavy atom. The fourth-order valence-electron chi connectivity index (χ4n) is 2.91. The normalized spacial score (nSPS) is 26.2. The Kier molecular flexibility index (Phi) is 3.91. The summed E-state index contributed by atoms with van der Waals surface area (Å²) >= 11 is 0. The first kappa shape index (κ1) is 12.4. The number of piperidine rings is 1. The van der Waals surface area contributed by atoms with Crippen molar-refractivity contribution in [3.63, 3.8) is 0 Å². The van der Waals surface area contributed by atoms with E-state index in [1.807, 2.05) is 0 Å². The van der Waals surface area contributed by atoms with Gasteiger partial charge in [-0.3, -0.25) is 0 Å². The monoisotopic (exact) mass is 224 g/mol. The van der Waals surface area contributed by atoms with Crippen LogP contribution in [-0.4, -0.2) is 38.1 Å². The maximum atomic E-state index is 3.74. The van der Waals surface area contributed by atoms with Crippen molar-refractivity contribution in [3.05, 3.63) is 0 Å². The van der Waals surface area contributed by atoms with Crippen molar-refractivity contribution in [2.75, 3.05) is 33.2 Å². The Balaban J connectivity index is 1.61. The molecule has 1 heterocycles. The van der Waals surface area contributed by atoms with Crippen molar-refractivity contribution in [1.29, 1.82) is 0 Å². The van der Waals surface area contributed by atoms with Crippen molar-refractivity contribution < 1.29 is 0 Å². The van der Waals surface area contributed by atoms with Gasteiger partial charge in [0.25, 0.3) is 0 Å². The first-order chi connectivity index (χ1) is 7.62. The highest BCUT2D eigenvalue weighted by atomic mass is 15.1. The minimum absolute atomic E-state index is 0.672. The molecule has 1 N–H and O–H groups in total. The molecule has 1 aliphatic carbocycles. The van der Waals surface area contributed by atoms with Crippen LogP contribution >= 0.6 is 0 Å². The van der Waals surface area contributed by atoms with Crippen LogP contribution in [0.25, 0.3) is 0 Å². The first-order valence-electron chi connectivity index (χ1n) is 7.02. The molecule has 2 nitrogen and oxygen atoms in total. The Morgan fingerprint density at radius 2 is 1.88 bits per heavy atom. The summed E-state index contributed by atoms with van der Waals surface area (Å²) in [5, 5.41) is 3.74. The van der Waals surface area contributed by atoms with E-state index in [0.29, 0.717) is 5.41 Å². The number of nitrogens with one attached hydrogen (secondary N) is 1. The summed E-state index contributed by atoms with van der Waals surface area (Å²) in [6.07, 6.45) is 5.67. The van der Waals surface area contributed by atoms with Gasteiger partial charge in [0.05, 0.1) is 0 Å². The van der Waals surface area contributed by atoms with E-state index in [2.05, 4.69) is 31.1 Å². The molecule has 2 rings (SSSR count). The topological polar surface area (TPSA) is 15.3 Å². The molecule has 2 fully saturated rings. The molecule has 0 radical (unpaired) electrons. The van der Waals surface area contributed by atoms with E-state index in [1.54, 1.807) is 0 Å². The van der Waals surface area contributed by atoms with E-state index >= 15 is 0 Å². The van der Waals surface area contributed by atoms with E-state index in [-0.39, 0.29) is 0 Å². The molecule has 0 aromatic carbocycles. The smallest absolute Gasteiger partial charge is 0.00104 e. The van der Waals surface area contributed by atoms with Crippen molar-refractivity contribution in [2.24, 2.45) is 17.3 Å². The summed E-state index contributed by atoms with van der Waals surface area (Å²) in [6, 6.07) is 0. The summed E-state index contributed by atoms with van der Waals surface area (Å²) < 4.78 is 0. The lowest BCUT2D eigenvalue weighted by Crippen LogP contribution is -2.37. The zero-order chi connectivity index (χ0) is 11.6. The van der Waals surface area contributed by atoms with Gasteiger partial charge in [-0.15, -0.1) is 0 Å². The zero-order valence-electron chi connectivity index (χ0n) is 11.3. The minimum Gasteiger partial charge on any atom is -0.316 e. The molecule has 0 aromatic heterocycles. The standard InChI is InChI=1S/C14H28N2/c1-12(2)14(6-7-14)11-15-10-13-4-8-16(3)9-5-13/h12-13,15H,4-11H2,1-3H3. The number of hydrogen-bond donors (Lipinski definition) is 1. The van der Waals surface area contributed by atoms with Crippen LogP contribution in [0.15, 0.2) is 0 Å². The summed E-state index contributed by atoms with van der Waals surface area (Å²) in [4.78, 5) is 2.45. The Morgan fingerprint density at radius 3 is 2.38 bits per heavy atom. The molecule has 2 heteroatoms. The van der Waals surface area contributed by atoms with Crippen LogP contribution in [0.1, 0.15) is 39.5 Å². The number of hydrogen-bond acceptors (Lipinski definition) is 2. The van der Waals surface area contributed by atoms with Gasteiger partial charge in [-0.25, -0.2) is 0 Å². The van der Waals surface area contributed by atoms with Crippen LogP contribution in [0.5, 0.6) is 0 Å². The molecule has 2 aliphatic rings. The number of nitrogens with zero attached hydrogens (tertiary/aromatic N) is 1. The molecular weight excluding hydrogens is 196 g/mol. The van der Waals surface area contributed by atoms with Crippen molar-refractivity contribution >= 4 is 0 Å². The van der Waals surface area contributed by atoms with Crippen LogP contribution < -0.4 is 5.32 Å².